The molecule has 1 fully saturated rings. The summed E-state index contributed by atoms with van der Waals surface area (Å²) < 4.78 is 28.3. The molecule has 2 amide bonds. The molecule has 2 aromatic rings. The van der Waals surface area contributed by atoms with Gasteiger partial charge in [0.1, 0.15) is 0 Å². The van der Waals surface area contributed by atoms with E-state index in [9.17, 15) is 18.0 Å². The van der Waals surface area contributed by atoms with Crippen LogP contribution in [0.15, 0.2) is 53.4 Å². The number of carbonyl (C=O) groups excluding carboxylic acids is 2. The molecule has 33 heavy (non-hydrogen) atoms. The number of benzene rings is 2. The molecule has 178 valence electrons. The van der Waals surface area contributed by atoms with Gasteiger partial charge in [0.15, 0.2) is 0 Å². The molecular weight excluding hydrogens is 438 g/mol. The molecule has 1 N–H and O–H groups in total. The molecule has 1 aliphatic rings. The first-order chi connectivity index (χ1) is 15.7. The van der Waals surface area contributed by atoms with Crippen molar-refractivity contribution in [2.45, 2.75) is 44.4 Å². The number of sulfonamides is 1. The number of likely N-dealkylation sites (tertiary alicyclic amines) is 1. The van der Waals surface area contributed by atoms with Gasteiger partial charge in [0.25, 0.3) is 15.9 Å². The van der Waals surface area contributed by atoms with Crippen molar-refractivity contribution in [1.82, 2.24) is 9.80 Å². The second-order valence-corrected chi connectivity index (χ2v) is 10.4. The van der Waals surface area contributed by atoms with Crippen molar-refractivity contribution in [3.63, 3.8) is 0 Å². The fraction of sp³-hybridized carbons (Fsp3) is 0.440. The molecule has 7 nitrogen and oxygen atoms in total. The van der Waals surface area contributed by atoms with Crippen LogP contribution in [0.1, 0.15) is 48.5 Å². The SMILES string of the molecule is CCCCN(C)C(=O)C1CCN(C(=O)c2cccc(S(=O)(=O)Nc3cccc(C)c3)c2)CC1. The Labute approximate surface area is 196 Å². The lowest BCUT2D eigenvalue weighted by molar-refractivity contribution is -0.135. The van der Waals surface area contributed by atoms with Crippen molar-refractivity contribution in [2.75, 3.05) is 31.4 Å². The second kappa shape index (κ2) is 10.8. The number of nitrogens with one attached hydrogen (secondary N) is 1. The molecule has 0 bridgehead atoms. The van der Waals surface area contributed by atoms with Crippen molar-refractivity contribution in [2.24, 2.45) is 5.92 Å². The minimum atomic E-state index is -3.83. The Morgan fingerprint density at radius 2 is 1.79 bits per heavy atom. The minimum Gasteiger partial charge on any atom is -0.346 e. The number of anilines is 1. The van der Waals surface area contributed by atoms with Gasteiger partial charge in [-0.15, -0.1) is 0 Å². The molecule has 0 saturated carbocycles. The van der Waals surface area contributed by atoms with Gasteiger partial charge in [-0.1, -0.05) is 31.5 Å². The number of amides is 2. The van der Waals surface area contributed by atoms with Gasteiger partial charge >= 0.3 is 0 Å². The van der Waals surface area contributed by atoms with Gasteiger partial charge in [-0.05, 0) is 62.1 Å². The van der Waals surface area contributed by atoms with Crippen LogP contribution in [0.25, 0.3) is 0 Å². The highest BCUT2D eigenvalue weighted by Crippen LogP contribution is 2.23. The van der Waals surface area contributed by atoms with Crippen molar-refractivity contribution >= 4 is 27.5 Å². The molecule has 0 radical (unpaired) electrons. The minimum absolute atomic E-state index is 0.0393. The van der Waals surface area contributed by atoms with Gasteiger partial charge in [-0.2, -0.15) is 0 Å². The molecule has 1 saturated heterocycles. The highest BCUT2D eigenvalue weighted by atomic mass is 32.2. The number of nitrogens with zero attached hydrogens (tertiary/aromatic N) is 2. The Morgan fingerprint density at radius 3 is 2.45 bits per heavy atom. The van der Waals surface area contributed by atoms with E-state index in [4.69, 9.17) is 0 Å². The lowest BCUT2D eigenvalue weighted by atomic mass is 9.95. The van der Waals surface area contributed by atoms with Gasteiger partial charge < -0.3 is 9.80 Å². The fourth-order valence-electron chi connectivity index (χ4n) is 4.05. The molecule has 3 rings (SSSR count). The van der Waals surface area contributed by atoms with E-state index >= 15 is 0 Å². The van der Waals surface area contributed by atoms with E-state index in [1.54, 1.807) is 40.1 Å². The highest BCUT2D eigenvalue weighted by molar-refractivity contribution is 7.92. The van der Waals surface area contributed by atoms with E-state index < -0.39 is 10.0 Å². The van der Waals surface area contributed by atoms with E-state index in [1.807, 2.05) is 20.0 Å². The smallest absolute Gasteiger partial charge is 0.261 e. The normalized spacial score (nSPS) is 14.7. The molecule has 2 aromatic carbocycles. The fourth-order valence-corrected chi connectivity index (χ4v) is 5.14. The number of hydrogen-bond donors (Lipinski definition) is 1. The van der Waals surface area contributed by atoms with Crippen molar-refractivity contribution in [1.29, 1.82) is 0 Å². The first kappa shape index (κ1) is 24.8. The van der Waals surface area contributed by atoms with Crippen LogP contribution in [-0.2, 0) is 14.8 Å². The first-order valence-corrected chi connectivity index (χ1v) is 12.9. The van der Waals surface area contributed by atoms with Crippen molar-refractivity contribution < 1.29 is 18.0 Å². The summed E-state index contributed by atoms with van der Waals surface area (Å²) in [6.45, 7) is 5.70. The van der Waals surface area contributed by atoms with Crippen LogP contribution in [0.3, 0.4) is 0 Å². The molecule has 1 aliphatic heterocycles. The standard InChI is InChI=1S/C25H33N3O4S/c1-4-5-14-27(3)24(29)20-12-15-28(16-13-20)25(30)21-9-7-11-23(18-21)33(31,32)26-22-10-6-8-19(2)17-22/h6-11,17-18,20,26H,4-5,12-16H2,1-3H3. The molecule has 0 spiro atoms. The number of aryl methyl sites for hydroxylation is 1. The van der Waals surface area contributed by atoms with Gasteiger partial charge in [0.2, 0.25) is 5.91 Å². The van der Waals surface area contributed by atoms with Crippen LogP contribution in [0, 0.1) is 12.8 Å². The number of unbranched alkanes of at least 4 members (excludes halogenated alkanes) is 1. The number of rotatable bonds is 8. The zero-order valence-electron chi connectivity index (χ0n) is 19.6. The van der Waals surface area contributed by atoms with Crippen molar-refractivity contribution in [3.05, 3.63) is 59.7 Å². The highest BCUT2D eigenvalue weighted by Gasteiger charge is 2.29. The van der Waals surface area contributed by atoms with Crippen LogP contribution in [0.5, 0.6) is 0 Å². The maximum Gasteiger partial charge on any atom is 0.261 e. The Kier molecular flexibility index (Phi) is 8.13. The summed E-state index contributed by atoms with van der Waals surface area (Å²) >= 11 is 0. The number of piperidine rings is 1. The van der Waals surface area contributed by atoms with Crippen LogP contribution in [-0.4, -0.2) is 56.7 Å². The van der Waals surface area contributed by atoms with E-state index in [0.29, 0.717) is 37.2 Å². The predicted molar refractivity (Wildman–Crippen MR) is 130 cm³/mol. The van der Waals surface area contributed by atoms with Crippen LogP contribution >= 0.6 is 0 Å². The Morgan fingerprint density at radius 1 is 1.09 bits per heavy atom. The Balaban J connectivity index is 1.65. The van der Waals surface area contributed by atoms with Gasteiger partial charge in [0, 0.05) is 43.9 Å². The summed E-state index contributed by atoms with van der Waals surface area (Å²) in [5, 5.41) is 0. The number of hydrogen-bond acceptors (Lipinski definition) is 4. The summed E-state index contributed by atoms with van der Waals surface area (Å²) in [6, 6.07) is 13.2. The van der Waals surface area contributed by atoms with E-state index in [-0.39, 0.29) is 22.6 Å². The van der Waals surface area contributed by atoms with Crippen LogP contribution < -0.4 is 4.72 Å². The maximum absolute atomic E-state index is 13.0. The predicted octanol–water partition coefficient (Wildman–Crippen LogP) is 3.91. The third kappa shape index (κ3) is 6.35. The van der Waals surface area contributed by atoms with E-state index in [1.165, 1.54) is 12.1 Å². The molecular formula is C25H33N3O4S. The Bertz CT molecular complexity index is 1090. The summed E-state index contributed by atoms with van der Waals surface area (Å²) in [5.41, 5.74) is 1.74. The molecule has 8 heteroatoms. The topological polar surface area (TPSA) is 86.8 Å². The summed E-state index contributed by atoms with van der Waals surface area (Å²) in [5.74, 6) is -0.139. The average Bonchev–Trinajstić information content (AvgIpc) is 2.81. The molecule has 0 aliphatic carbocycles. The van der Waals surface area contributed by atoms with Crippen molar-refractivity contribution in [3.8, 4) is 0 Å². The van der Waals surface area contributed by atoms with Gasteiger partial charge in [0.05, 0.1) is 4.90 Å². The maximum atomic E-state index is 13.0. The first-order valence-electron chi connectivity index (χ1n) is 11.4. The Hall–Kier alpha value is -2.87. The molecule has 0 aromatic heterocycles. The molecule has 0 unspecified atom stereocenters. The molecule has 1 heterocycles. The summed E-state index contributed by atoms with van der Waals surface area (Å²) in [7, 11) is -1.99. The third-order valence-electron chi connectivity index (χ3n) is 6.02. The third-order valence-corrected chi connectivity index (χ3v) is 7.40. The average molecular weight is 472 g/mol. The van der Waals surface area contributed by atoms with Crippen LogP contribution in [0.2, 0.25) is 0 Å². The molecule has 0 atom stereocenters. The number of carbonyl (C=O) groups is 2. The van der Waals surface area contributed by atoms with Crippen LogP contribution in [0.4, 0.5) is 5.69 Å². The zero-order valence-corrected chi connectivity index (χ0v) is 20.4. The quantitative estimate of drug-likeness (QED) is 0.632. The second-order valence-electron chi connectivity index (χ2n) is 8.68. The largest absolute Gasteiger partial charge is 0.346 e. The zero-order chi connectivity index (χ0) is 24.0. The monoisotopic (exact) mass is 471 g/mol. The van der Waals surface area contributed by atoms with Gasteiger partial charge in [-0.3, -0.25) is 14.3 Å². The lowest BCUT2D eigenvalue weighted by Crippen LogP contribution is -2.43. The lowest BCUT2D eigenvalue weighted by Gasteiger charge is -2.33. The van der Waals surface area contributed by atoms with Gasteiger partial charge in [-0.25, -0.2) is 8.42 Å². The summed E-state index contributed by atoms with van der Waals surface area (Å²) in [4.78, 5) is 29.2. The van der Waals surface area contributed by atoms with E-state index in [2.05, 4.69) is 11.6 Å². The summed E-state index contributed by atoms with van der Waals surface area (Å²) in [6.07, 6.45) is 3.26. The van der Waals surface area contributed by atoms with E-state index in [0.717, 1.165) is 24.9 Å².